The Morgan fingerprint density at radius 3 is 2.57 bits per heavy atom. The van der Waals surface area contributed by atoms with Crippen LogP contribution in [0.4, 0.5) is 11.4 Å². The van der Waals surface area contributed by atoms with Crippen molar-refractivity contribution in [2.24, 2.45) is 0 Å². The molecule has 0 aliphatic heterocycles. The van der Waals surface area contributed by atoms with Crippen molar-refractivity contribution in [3.63, 3.8) is 0 Å². The molecule has 1 aromatic carbocycles. The lowest BCUT2D eigenvalue weighted by Gasteiger charge is -2.23. The molecule has 0 bridgehead atoms. The molecule has 0 spiro atoms. The molecular formula is C16H26N4O3. The summed E-state index contributed by atoms with van der Waals surface area (Å²) in [5, 5.41) is 7.01. The van der Waals surface area contributed by atoms with Gasteiger partial charge in [-0.3, -0.25) is 19.3 Å². The molecule has 23 heavy (non-hydrogen) atoms. The number of hydrogen-bond acceptors (Lipinski definition) is 5. The number of benzene rings is 1. The summed E-state index contributed by atoms with van der Waals surface area (Å²) in [5.41, 5.74) is 2.14. The summed E-state index contributed by atoms with van der Waals surface area (Å²) in [6, 6.07) is 5.36. The lowest BCUT2D eigenvalue weighted by atomic mass is 10.1. The summed E-state index contributed by atoms with van der Waals surface area (Å²) >= 11 is 0. The number of nitrogens with zero attached hydrogens (tertiary/aromatic N) is 2. The second-order valence-electron chi connectivity index (χ2n) is 5.39. The van der Waals surface area contributed by atoms with Crippen molar-refractivity contribution in [2.45, 2.75) is 20.3 Å². The van der Waals surface area contributed by atoms with Gasteiger partial charge in [-0.05, 0) is 38.7 Å². The second kappa shape index (κ2) is 9.24. The maximum atomic E-state index is 12.4. The van der Waals surface area contributed by atoms with Crippen molar-refractivity contribution in [1.82, 2.24) is 10.2 Å². The molecule has 0 atom stereocenters. The van der Waals surface area contributed by atoms with Gasteiger partial charge in [-0.2, -0.15) is 5.06 Å². The van der Waals surface area contributed by atoms with E-state index < -0.39 is 0 Å². The van der Waals surface area contributed by atoms with Crippen LogP contribution < -0.4 is 15.7 Å². The fraction of sp³-hybridized carbons (Fsp3) is 0.500. The van der Waals surface area contributed by atoms with Crippen molar-refractivity contribution >= 4 is 23.2 Å². The first-order chi connectivity index (χ1) is 10.9. The standard InChI is InChI=1S/C16H26N4O3/c1-12-6-7-14(18-13(2)21)10-15(12)20(23-5)16(22)8-9-19(4)11-17-3/h6-7,10,17H,8-9,11H2,1-5H3,(H,18,21). The van der Waals surface area contributed by atoms with Gasteiger partial charge in [0.1, 0.15) is 0 Å². The molecule has 0 radical (unpaired) electrons. The molecular weight excluding hydrogens is 296 g/mol. The molecule has 1 aromatic rings. The van der Waals surface area contributed by atoms with Gasteiger partial charge in [0.15, 0.2) is 0 Å². The van der Waals surface area contributed by atoms with Gasteiger partial charge in [-0.15, -0.1) is 0 Å². The fourth-order valence-electron chi connectivity index (χ4n) is 2.18. The third-order valence-corrected chi connectivity index (χ3v) is 3.29. The van der Waals surface area contributed by atoms with Crippen molar-refractivity contribution in [3.8, 4) is 0 Å². The summed E-state index contributed by atoms with van der Waals surface area (Å²) in [6.45, 7) is 4.65. The third-order valence-electron chi connectivity index (χ3n) is 3.29. The minimum Gasteiger partial charge on any atom is -0.326 e. The lowest BCUT2D eigenvalue weighted by Crippen LogP contribution is -2.35. The molecule has 128 valence electrons. The molecule has 0 heterocycles. The molecule has 0 fully saturated rings. The van der Waals surface area contributed by atoms with E-state index in [0.29, 0.717) is 31.0 Å². The summed E-state index contributed by atoms with van der Waals surface area (Å²) in [5.74, 6) is -0.303. The van der Waals surface area contributed by atoms with Gasteiger partial charge in [-0.25, -0.2) is 0 Å². The van der Waals surface area contributed by atoms with Crippen LogP contribution in [0.15, 0.2) is 18.2 Å². The van der Waals surface area contributed by atoms with Crippen LogP contribution in [0.3, 0.4) is 0 Å². The molecule has 2 N–H and O–H groups in total. The number of hydrogen-bond donors (Lipinski definition) is 2. The van der Waals surface area contributed by atoms with E-state index in [-0.39, 0.29) is 11.8 Å². The zero-order valence-corrected chi connectivity index (χ0v) is 14.5. The molecule has 2 amide bonds. The smallest absolute Gasteiger partial charge is 0.252 e. The largest absolute Gasteiger partial charge is 0.326 e. The SMILES string of the molecule is CNCN(C)CCC(=O)N(OC)c1cc(NC(C)=O)ccc1C. The summed E-state index contributed by atoms with van der Waals surface area (Å²) in [4.78, 5) is 30.9. The summed E-state index contributed by atoms with van der Waals surface area (Å²) in [7, 11) is 5.25. The lowest BCUT2D eigenvalue weighted by molar-refractivity contribution is -0.125. The quantitative estimate of drug-likeness (QED) is 0.558. The van der Waals surface area contributed by atoms with E-state index in [1.807, 2.05) is 32.0 Å². The van der Waals surface area contributed by atoms with Crippen molar-refractivity contribution < 1.29 is 14.4 Å². The zero-order chi connectivity index (χ0) is 17.4. The topological polar surface area (TPSA) is 73.9 Å². The summed E-state index contributed by atoms with van der Waals surface area (Å²) in [6.07, 6.45) is 0.329. The maximum absolute atomic E-state index is 12.4. The van der Waals surface area contributed by atoms with Gasteiger partial charge < -0.3 is 10.6 Å². The van der Waals surface area contributed by atoms with Crippen molar-refractivity contribution in [3.05, 3.63) is 23.8 Å². The zero-order valence-electron chi connectivity index (χ0n) is 14.5. The highest BCUT2D eigenvalue weighted by molar-refractivity contribution is 5.94. The first kappa shape index (κ1) is 19.1. The monoisotopic (exact) mass is 322 g/mol. The minimum absolute atomic E-state index is 0.140. The highest BCUT2D eigenvalue weighted by Crippen LogP contribution is 2.25. The predicted molar refractivity (Wildman–Crippen MR) is 91.2 cm³/mol. The number of nitrogens with one attached hydrogen (secondary N) is 2. The molecule has 0 aliphatic carbocycles. The predicted octanol–water partition coefficient (Wildman–Crippen LogP) is 1.35. The van der Waals surface area contributed by atoms with Crippen LogP contribution in [-0.4, -0.2) is 51.1 Å². The van der Waals surface area contributed by atoms with Gasteiger partial charge in [0.05, 0.1) is 12.8 Å². The molecule has 0 saturated heterocycles. The Morgan fingerprint density at radius 1 is 1.30 bits per heavy atom. The van der Waals surface area contributed by atoms with Crippen LogP contribution in [0.2, 0.25) is 0 Å². The maximum Gasteiger partial charge on any atom is 0.252 e. The molecule has 1 rings (SSSR count). The Bertz CT molecular complexity index is 548. The Labute approximate surface area is 137 Å². The van der Waals surface area contributed by atoms with Crippen LogP contribution in [0, 0.1) is 6.92 Å². The highest BCUT2D eigenvalue weighted by atomic mass is 16.7. The molecule has 7 nitrogen and oxygen atoms in total. The Hall–Kier alpha value is -1.96. The van der Waals surface area contributed by atoms with E-state index in [1.54, 1.807) is 12.1 Å². The van der Waals surface area contributed by atoms with Crippen molar-refractivity contribution in [2.75, 3.05) is 44.8 Å². The van der Waals surface area contributed by atoms with E-state index in [1.165, 1.54) is 19.1 Å². The van der Waals surface area contributed by atoms with Crippen LogP contribution in [0.5, 0.6) is 0 Å². The third kappa shape index (κ3) is 5.97. The first-order valence-electron chi connectivity index (χ1n) is 7.47. The molecule has 0 aliphatic rings. The van der Waals surface area contributed by atoms with E-state index in [9.17, 15) is 9.59 Å². The van der Waals surface area contributed by atoms with E-state index in [0.717, 1.165) is 5.56 Å². The fourth-order valence-corrected chi connectivity index (χ4v) is 2.18. The molecule has 0 unspecified atom stereocenters. The van der Waals surface area contributed by atoms with E-state index in [4.69, 9.17) is 4.84 Å². The highest BCUT2D eigenvalue weighted by Gasteiger charge is 2.18. The number of anilines is 2. The van der Waals surface area contributed by atoms with Gasteiger partial charge in [-0.1, -0.05) is 6.07 Å². The average molecular weight is 322 g/mol. The normalized spacial score (nSPS) is 10.7. The summed E-state index contributed by atoms with van der Waals surface area (Å²) < 4.78 is 0. The van der Waals surface area contributed by atoms with Crippen LogP contribution in [-0.2, 0) is 14.4 Å². The number of carbonyl (C=O) groups is 2. The average Bonchev–Trinajstić information content (AvgIpc) is 2.49. The Kier molecular flexibility index (Phi) is 7.67. The number of carbonyl (C=O) groups excluding carboxylic acids is 2. The molecule has 0 aromatic heterocycles. The Morgan fingerprint density at radius 2 is 2.00 bits per heavy atom. The first-order valence-corrected chi connectivity index (χ1v) is 7.47. The Balaban J connectivity index is 2.87. The number of rotatable bonds is 8. The van der Waals surface area contributed by atoms with Gasteiger partial charge in [0, 0.05) is 32.2 Å². The number of hydroxylamine groups is 1. The number of aryl methyl sites for hydroxylation is 1. The van der Waals surface area contributed by atoms with Crippen LogP contribution in [0.1, 0.15) is 18.9 Å². The molecule has 0 saturated carbocycles. The second-order valence-corrected chi connectivity index (χ2v) is 5.39. The van der Waals surface area contributed by atoms with Gasteiger partial charge >= 0.3 is 0 Å². The molecule has 7 heteroatoms. The van der Waals surface area contributed by atoms with Gasteiger partial charge in [0.25, 0.3) is 5.91 Å². The minimum atomic E-state index is -0.163. The van der Waals surface area contributed by atoms with Crippen LogP contribution in [0.25, 0.3) is 0 Å². The number of amides is 2. The van der Waals surface area contributed by atoms with Gasteiger partial charge in [0.2, 0.25) is 5.91 Å². The van der Waals surface area contributed by atoms with Crippen molar-refractivity contribution in [1.29, 1.82) is 0 Å². The van der Waals surface area contributed by atoms with E-state index in [2.05, 4.69) is 10.6 Å². The van der Waals surface area contributed by atoms with Crippen LogP contribution >= 0.6 is 0 Å². The van der Waals surface area contributed by atoms with E-state index >= 15 is 0 Å².